The summed E-state index contributed by atoms with van der Waals surface area (Å²) < 4.78 is 21.2. The molecule has 0 aromatic heterocycles. The van der Waals surface area contributed by atoms with Crippen molar-refractivity contribution in [2.45, 2.75) is 0 Å². The summed E-state index contributed by atoms with van der Waals surface area (Å²) in [6.45, 7) is 4.69. The third-order valence-electron chi connectivity index (χ3n) is 4.76. The highest BCUT2D eigenvalue weighted by Crippen LogP contribution is 2.19. The van der Waals surface area contributed by atoms with E-state index < -0.39 is 4.92 Å². The van der Waals surface area contributed by atoms with Crippen molar-refractivity contribution >= 4 is 17.1 Å². The zero-order valence-electron chi connectivity index (χ0n) is 18.6. The number of hydrogen-bond acceptors (Lipinski definition) is 8. The second kappa shape index (κ2) is 14.3. The molecule has 0 atom stereocenters. The van der Waals surface area contributed by atoms with Crippen LogP contribution in [0, 0.1) is 15.5 Å². The van der Waals surface area contributed by atoms with Gasteiger partial charge in [0, 0.05) is 56.3 Å². The fourth-order valence-electron chi connectivity index (χ4n) is 2.96. The highest BCUT2D eigenvalue weighted by Gasteiger charge is 2.11. The van der Waals surface area contributed by atoms with Gasteiger partial charge in [0.05, 0.1) is 50.3 Å². The normalized spacial score (nSPS) is 10.8. The largest absolute Gasteiger partial charge is 0.382 e. The molecule has 32 heavy (non-hydrogen) atoms. The van der Waals surface area contributed by atoms with Crippen molar-refractivity contribution in [3.63, 3.8) is 0 Å². The molecule has 9 heteroatoms. The summed E-state index contributed by atoms with van der Waals surface area (Å²) >= 11 is 0. The van der Waals surface area contributed by atoms with E-state index in [1.165, 1.54) is 12.1 Å². The number of hydrogen-bond donors (Lipinski definition) is 1. The van der Waals surface area contributed by atoms with Crippen LogP contribution < -0.4 is 4.90 Å². The number of nitrogens with zero attached hydrogens (tertiary/aromatic N) is 2. The second-order valence-electron chi connectivity index (χ2n) is 6.92. The topological polar surface area (TPSA) is 107 Å². The highest BCUT2D eigenvalue weighted by molar-refractivity contribution is 6.11. The van der Waals surface area contributed by atoms with E-state index in [-0.39, 0.29) is 5.69 Å². The van der Waals surface area contributed by atoms with Crippen molar-refractivity contribution in [3.05, 3.63) is 69.8 Å². The molecule has 0 bridgehead atoms. The fourth-order valence-corrected chi connectivity index (χ4v) is 2.96. The summed E-state index contributed by atoms with van der Waals surface area (Å²) in [5, 5.41) is 19.3. The lowest BCUT2D eigenvalue weighted by Crippen LogP contribution is -2.31. The minimum absolute atomic E-state index is 0.00739. The lowest BCUT2D eigenvalue weighted by molar-refractivity contribution is -0.384. The zero-order chi connectivity index (χ0) is 23.2. The summed E-state index contributed by atoms with van der Waals surface area (Å²) in [7, 11) is 3.28. The molecule has 1 N–H and O–H groups in total. The Labute approximate surface area is 188 Å². The molecule has 0 saturated carbocycles. The summed E-state index contributed by atoms with van der Waals surface area (Å²) in [4.78, 5) is 12.5. The van der Waals surface area contributed by atoms with Crippen LogP contribution in [0.2, 0.25) is 0 Å². The number of methoxy groups -OCH3 is 2. The molecule has 0 aliphatic rings. The maximum Gasteiger partial charge on any atom is 0.269 e. The predicted molar refractivity (Wildman–Crippen MR) is 123 cm³/mol. The maximum atomic E-state index is 10.8. The third kappa shape index (κ3) is 8.35. The van der Waals surface area contributed by atoms with Gasteiger partial charge in [-0.05, 0) is 24.3 Å². The second-order valence-corrected chi connectivity index (χ2v) is 6.92. The van der Waals surface area contributed by atoms with Crippen LogP contribution in [-0.2, 0) is 18.9 Å². The standard InChI is InChI=1S/C23H31N3O6/c1-29-15-17-31-13-11-25(12-14-32-18-16-30-2)21-7-3-19(4-8-21)23(24)20-5-9-22(10-6-20)26(27)28/h3-10,24H,11-18H2,1-2H3. The third-order valence-corrected chi connectivity index (χ3v) is 4.76. The Balaban J connectivity index is 2.01. The number of nitro benzene ring substituents is 1. The highest BCUT2D eigenvalue weighted by atomic mass is 16.6. The van der Waals surface area contributed by atoms with Crippen molar-refractivity contribution in [2.24, 2.45) is 0 Å². The first-order chi connectivity index (χ1) is 15.6. The van der Waals surface area contributed by atoms with Crippen molar-refractivity contribution in [1.82, 2.24) is 0 Å². The molecule has 0 heterocycles. The van der Waals surface area contributed by atoms with E-state index in [1.54, 1.807) is 26.4 Å². The van der Waals surface area contributed by atoms with Crippen molar-refractivity contribution in [1.29, 1.82) is 5.41 Å². The lowest BCUT2D eigenvalue weighted by atomic mass is 10.0. The molecular formula is C23H31N3O6. The average molecular weight is 446 g/mol. The van der Waals surface area contributed by atoms with Crippen molar-refractivity contribution in [2.75, 3.05) is 71.9 Å². The minimum atomic E-state index is -0.450. The van der Waals surface area contributed by atoms with Crippen molar-refractivity contribution < 1.29 is 23.9 Å². The molecule has 0 aliphatic heterocycles. The lowest BCUT2D eigenvalue weighted by Gasteiger charge is -2.25. The van der Waals surface area contributed by atoms with E-state index in [1.807, 2.05) is 24.3 Å². The van der Waals surface area contributed by atoms with E-state index >= 15 is 0 Å². The van der Waals surface area contributed by atoms with Crippen LogP contribution in [0.15, 0.2) is 48.5 Å². The van der Waals surface area contributed by atoms with Crippen LogP contribution in [0.1, 0.15) is 11.1 Å². The Hall–Kier alpha value is -2.85. The molecular weight excluding hydrogens is 414 g/mol. The Morgan fingerprint density at radius 3 is 1.72 bits per heavy atom. The maximum absolute atomic E-state index is 10.8. The van der Waals surface area contributed by atoms with Gasteiger partial charge in [0.25, 0.3) is 5.69 Å². The smallest absolute Gasteiger partial charge is 0.269 e. The van der Waals surface area contributed by atoms with Gasteiger partial charge in [-0.3, -0.25) is 15.5 Å². The first kappa shape index (κ1) is 25.4. The Kier molecular flexibility index (Phi) is 11.3. The minimum Gasteiger partial charge on any atom is -0.382 e. The number of nitro groups is 1. The molecule has 2 rings (SSSR count). The molecule has 0 saturated heterocycles. The zero-order valence-corrected chi connectivity index (χ0v) is 18.6. The number of rotatable bonds is 16. The molecule has 0 fully saturated rings. The summed E-state index contributed by atoms with van der Waals surface area (Å²) in [5.74, 6) is 0. The summed E-state index contributed by atoms with van der Waals surface area (Å²) in [6, 6.07) is 13.7. The average Bonchev–Trinajstić information content (AvgIpc) is 2.82. The van der Waals surface area contributed by atoms with Crippen LogP contribution in [0.25, 0.3) is 0 Å². The van der Waals surface area contributed by atoms with Gasteiger partial charge in [0.1, 0.15) is 0 Å². The van der Waals surface area contributed by atoms with Crippen LogP contribution in [0.5, 0.6) is 0 Å². The monoisotopic (exact) mass is 445 g/mol. The molecule has 2 aromatic carbocycles. The predicted octanol–water partition coefficient (Wildman–Crippen LogP) is 3.14. The number of non-ortho nitro benzene ring substituents is 1. The molecule has 0 spiro atoms. The first-order valence-electron chi connectivity index (χ1n) is 10.4. The van der Waals surface area contributed by atoms with Crippen LogP contribution in [0.4, 0.5) is 11.4 Å². The van der Waals surface area contributed by atoms with Gasteiger partial charge in [-0.25, -0.2) is 0 Å². The SMILES string of the molecule is COCCOCCN(CCOCCOC)c1ccc(C(=N)c2ccc([N+](=O)[O-])cc2)cc1. The Bertz CT molecular complexity index is 813. The van der Waals surface area contributed by atoms with E-state index in [0.717, 1.165) is 11.3 Å². The molecule has 0 aliphatic carbocycles. The van der Waals surface area contributed by atoms with Gasteiger partial charge < -0.3 is 23.8 Å². The van der Waals surface area contributed by atoms with Gasteiger partial charge in [-0.1, -0.05) is 12.1 Å². The summed E-state index contributed by atoms with van der Waals surface area (Å²) in [6.07, 6.45) is 0. The number of ether oxygens (including phenoxy) is 4. The molecule has 0 amide bonds. The van der Waals surface area contributed by atoms with Gasteiger partial charge in [-0.15, -0.1) is 0 Å². The number of nitrogens with one attached hydrogen (secondary N) is 1. The fraction of sp³-hybridized carbons (Fsp3) is 0.435. The van der Waals surface area contributed by atoms with Gasteiger partial charge >= 0.3 is 0 Å². The van der Waals surface area contributed by atoms with E-state index in [2.05, 4.69) is 4.90 Å². The van der Waals surface area contributed by atoms with E-state index in [9.17, 15) is 10.1 Å². The molecule has 0 unspecified atom stereocenters. The van der Waals surface area contributed by atoms with Crippen LogP contribution in [0.3, 0.4) is 0 Å². The summed E-state index contributed by atoms with van der Waals surface area (Å²) in [5.41, 5.74) is 2.67. The quantitative estimate of drug-likeness (QED) is 0.183. The van der Waals surface area contributed by atoms with Crippen molar-refractivity contribution in [3.8, 4) is 0 Å². The van der Waals surface area contributed by atoms with E-state index in [4.69, 9.17) is 24.4 Å². The van der Waals surface area contributed by atoms with Gasteiger partial charge in [0.15, 0.2) is 0 Å². The van der Waals surface area contributed by atoms with Gasteiger partial charge in [-0.2, -0.15) is 0 Å². The van der Waals surface area contributed by atoms with E-state index in [0.29, 0.717) is 64.0 Å². The Morgan fingerprint density at radius 2 is 1.28 bits per heavy atom. The van der Waals surface area contributed by atoms with Crippen LogP contribution >= 0.6 is 0 Å². The van der Waals surface area contributed by atoms with Crippen LogP contribution in [-0.4, -0.2) is 77.6 Å². The molecule has 2 aromatic rings. The molecule has 0 radical (unpaired) electrons. The first-order valence-corrected chi connectivity index (χ1v) is 10.4. The Morgan fingerprint density at radius 1 is 0.812 bits per heavy atom. The number of anilines is 1. The van der Waals surface area contributed by atoms with Gasteiger partial charge in [0.2, 0.25) is 0 Å². The molecule has 174 valence electrons. The number of benzene rings is 2. The molecule has 9 nitrogen and oxygen atoms in total.